The largest absolute Gasteiger partial charge is 0.356 e. The highest BCUT2D eigenvalue weighted by atomic mass is 32.2. The Balaban J connectivity index is 1.47. The van der Waals surface area contributed by atoms with Crippen molar-refractivity contribution in [1.29, 1.82) is 0 Å². The summed E-state index contributed by atoms with van der Waals surface area (Å²) in [7, 11) is -3.54. The fourth-order valence-electron chi connectivity index (χ4n) is 4.38. The van der Waals surface area contributed by atoms with Crippen molar-refractivity contribution < 1.29 is 13.2 Å². The Hall–Kier alpha value is -1.44. The summed E-state index contributed by atoms with van der Waals surface area (Å²) in [6, 6.07) is 6.92. The highest BCUT2D eigenvalue weighted by Crippen LogP contribution is 2.24. The maximum absolute atomic E-state index is 12.9. The Labute approximate surface area is 175 Å². The average molecular weight is 422 g/mol. The predicted molar refractivity (Wildman–Crippen MR) is 115 cm³/mol. The van der Waals surface area contributed by atoms with Gasteiger partial charge in [0.2, 0.25) is 15.9 Å². The van der Waals surface area contributed by atoms with E-state index in [1.165, 1.54) is 17.1 Å². The lowest BCUT2D eigenvalue weighted by molar-refractivity contribution is -0.126. The summed E-state index contributed by atoms with van der Waals surface area (Å²) in [5.74, 6) is 0.488. The summed E-state index contributed by atoms with van der Waals surface area (Å²) in [4.78, 5) is 15.4. The molecule has 1 aromatic rings. The molecule has 7 heteroatoms. The van der Waals surface area contributed by atoms with Crippen molar-refractivity contribution in [2.75, 3.05) is 39.3 Å². The first-order chi connectivity index (χ1) is 13.9. The summed E-state index contributed by atoms with van der Waals surface area (Å²) in [5, 5.41) is 3.04. The van der Waals surface area contributed by atoms with Gasteiger partial charge in [-0.05, 0) is 70.2 Å². The molecule has 2 fully saturated rings. The number of likely N-dealkylation sites (tertiary alicyclic amines) is 1. The van der Waals surface area contributed by atoms with E-state index < -0.39 is 10.0 Å². The molecule has 1 N–H and O–H groups in total. The van der Waals surface area contributed by atoms with Crippen molar-refractivity contribution >= 4 is 15.9 Å². The maximum Gasteiger partial charge on any atom is 0.243 e. The topological polar surface area (TPSA) is 69.7 Å². The fourth-order valence-corrected chi connectivity index (χ4v) is 5.91. The Kier molecular flexibility index (Phi) is 7.71. The van der Waals surface area contributed by atoms with Gasteiger partial charge in [-0.2, -0.15) is 4.31 Å². The molecule has 1 aromatic carbocycles. The summed E-state index contributed by atoms with van der Waals surface area (Å²) in [6.45, 7) is 8.97. The van der Waals surface area contributed by atoms with Gasteiger partial charge in [-0.15, -0.1) is 0 Å². The van der Waals surface area contributed by atoms with Crippen LogP contribution in [0.5, 0.6) is 0 Å². The molecule has 2 unspecified atom stereocenters. The number of nitrogens with one attached hydrogen (secondary N) is 1. The van der Waals surface area contributed by atoms with Crippen molar-refractivity contribution in [2.45, 2.75) is 50.8 Å². The number of sulfonamides is 1. The lowest BCUT2D eigenvalue weighted by atomic mass is 9.99. The molecule has 0 aromatic heterocycles. The first-order valence-corrected chi connectivity index (χ1v) is 12.4. The van der Waals surface area contributed by atoms with Crippen LogP contribution >= 0.6 is 0 Å². The van der Waals surface area contributed by atoms with Crippen LogP contribution in [0.15, 0.2) is 29.2 Å². The standard InChI is InChI=1S/C22H35N3O3S/c1-18-8-10-21(11-9-18)29(27,28)25-15-4-7-20(17-25)22(26)23-12-5-14-24-13-3-6-19(2)16-24/h8-11,19-20H,3-7,12-17H2,1-2H3,(H,23,26). The Morgan fingerprint density at radius 1 is 1.10 bits per heavy atom. The number of rotatable bonds is 7. The van der Waals surface area contributed by atoms with E-state index in [0.717, 1.165) is 50.4 Å². The van der Waals surface area contributed by atoms with E-state index in [1.54, 1.807) is 12.1 Å². The van der Waals surface area contributed by atoms with Gasteiger partial charge in [0, 0.05) is 26.2 Å². The molecular weight excluding hydrogens is 386 g/mol. The normalized spacial score (nSPS) is 24.3. The van der Waals surface area contributed by atoms with Crippen molar-refractivity contribution in [3.8, 4) is 0 Å². The Morgan fingerprint density at radius 2 is 1.83 bits per heavy atom. The second-order valence-electron chi connectivity index (χ2n) is 8.71. The van der Waals surface area contributed by atoms with Crippen molar-refractivity contribution in [3.05, 3.63) is 29.8 Å². The molecule has 2 atom stereocenters. The van der Waals surface area contributed by atoms with E-state index in [1.807, 2.05) is 19.1 Å². The minimum absolute atomic E-state index is 0.0131. The summed E-state index contributed by atoms with van der Waals surface area (Å²) in [5.41, 5.74) is 1.03. The lowest BCUT2D eigenvalue weighted by Crippen LogP contribution is -2.45. The van der Waals surface area contributed by atoms with Gasteiger partial charge in [0.05, 0.1) is 10.8 Å². The molecule has 29 heavy (non-hydrogen) atoms. The zero-order chi connectivity index (χ0) is 20.9. The van der Waals surface area contributed by atoms with Crippen molar-refractivity contribution in [1.82, 2.24) is 14.5 Å². The van der Waals surface area contributed by atoms with Crippen molar-refractivity contribution in [3.63, 3.8) is 0 Å². The number of nitrogens with zero attached hydrogens (tertiary/aromatic N) is 2. The van der Waals surface area contributed by atoms with Gasteiger partial charge in [0.15, 0.2) is 0 Å². The highest BCUT2D eigenvalue weighted by Gasteiger charge is 2.33. The van der Waals surface area contributed by atoms with Crippen LogP contribution < -0.4 is 5.32 Å². The van der Waals surface area contributed by atoms with Gasteiger partial charge >= 0.3 is 0 Å². The molecule has 3 rings (SSSR count). The van der Waals surface area contributed by atoms with E-state index in [-0.39, 0.29) is 18.4 Å². The SMILES string of the molecule is Cc1ccc(S(=O)(=O)N2CCCC(C(=O)NCCCN3CCCC(C)C3)C2)cc1. The van der Waals surface area contributed by atoms with Crippen LogP contribution in [0, 0.1) is 18.8 Å². The van der Waals surface area contributed by atoms with Gasteiger partial charge in [-0.1, -0.05) is 24.6 Å². The van der Waals surface area contributed by atoms with Crippen molar-refractivity contribution in [2.24, 2.45) is 11.8 Å². The van der Waals surface area contributed by atoms with Gasteiger partial charge in [0.1, 0.15) is 0 Å². The molecular formula is C22H35N3O3S. The molecule has 0 radical (unpaired) electrons. The summed E-state index contributed by atoms with van der Waals surface area (Å²) in [6.07, 6.45) is 4.98. The number of amides is 1. The minimum Gasteiger partial charge on any atom is -0.356 e. The molecule has 1 amide bonds. The van der Waals surface area contributed by atoms with Gasteiger partial charge < -0.3 is 10.2 Å². The van der Waals surface area contributed by atoms with E-state index in [9.17, 15) is 13.2 Å². The lowest BCUT2D eigenvalue weighted by Gasteiger charge is -2.32. The third kappa shape index (κ3) is 6.03. The number of carbonyl (C=O) groups is 1. The molecule has 0 saturated carbocycles. The highest BCUT2D eigenvalue weighted by molar-refractivity contribution is 7.89. The minimum atomic E-state index is -3.54. The summed E-state index contributed by atoms with van der Waals surface area (Å²) < 4.78 is 27.3. The molecule has 2 heterocycles. The van der Waals surface area contributed by atoms with Crippen LogP contribution in [0.4, 0.5) is 0 Å². The first-order valence-electron chi connectivity index (χ1n) is 10.9. The van der Waals surface area contributed by atoms with Crippen LogP contribution in [0.1, 0.15) is 44.6 Å². The van der Waals surface area contributed by atoms with Crippen LogP contribution in [0.25, 0.3) is 0 Å². The molecule has 2 aliphatic rings. The second-order valence-corrected chi connectivity index (χ2v) is 10.6. The van der Waals surface area contributed by atoms with Gasteiger partial charge in [-0.3, -0.25) is 4.79 Å². The maximum atomic E-state index is 12.9. The number of hydrogen-bond donors (Lipinski definition) is 1. The van der Waals surface area contributed by atoms with E-state index >= 15 is 0 Å². The zero-order valence-electron chi connectivity index (χ0n) is 17.8. The van der Waals surface area contributed by atoms with Crippen LogP contribution in [0.3, 0.4) is 0 Å². The van der Waals surface area contributed by atoms with E-state index in [2.05, 4.69) is 17.1 Å². The molecule has 2 saturated heterocycles. The third-order valence-electron chi connectivity index (χ3n) is 6.11. The molecule has 0 spiro atoms. The number of aryl methyl sites for hydroxylation is 1. The van der Waals surface area contributed by atoms with E-state index in [4.69, 9.17) is 0 Å². The number of carbonyl (C=O) groups excluding carboxylic acids is 1. The fraction of sp³-hybridized carbons (Fsp3) is 0.682. The Morgan fingerprint density at radius 3 is 2.55 bits per heavy atom. The predicted octanol–water partition coefficient (Wildman–Crippen LogP) is 2.63. The van der Waals surface area contributed by atoms with Crippen LogP contribution in [-0.2, 0) is 14.8 Å². The van der Waals surface area contributed by atoms with Gasteiger partial charge in [0.25, 0.3) is 0 Å². The molecule has 0 aliphatic carbocycles. The second kappa shape index (κ2) is 10.0. The van der Waals surface area contributed by atoms with E-state index in [0.29, 0.717) is 18.0 Å². The number of hydrogen-bond acceptors (Lipinski definition) is 4. The third-order valence-corrected chi connectivity index (χ3v) is 7.98. The molecule has 0 bridgehead atoms. The molecule has 162 valence electrons. The van der Waals surface area contributed by atoms with Crippen LogP contribution in [-0.4, -0.2) is 62.8 Å². The summed E-state index contributed by atoms with van der Waals surface area (Å²) >= 11 is 0. The smallest absolute Gasteiger partial charge is 0.243 e. The first kappa shape index (κ1) is 22.2. The zero-order valence-corrected chi connectivity index (χ0v) is 18.6. The average Bonchev–Trinajstić information content (AvgIpc) is 2.71. The quantitative estimate of drug-likeness (QED) is 0.687. The van der Waals surface area contributed by atoms with Crippen LogP contribution in [0.2, 0.25) is 0 Å². The van der Waals surface area contributed by atoms with Gasteiger partial charge in [-0.25, -0.2) is 8.42 Å². The number of piperidine rings is 2. The monoisotopic (exact) mass is 421 g/mol. The molecule has 6 nitrogen and oxygen atoms in total. The molecule has 2 aliphatic heterocycles. The Bertz CT molecular complexity index is 779. The number of benzene rings is 1.